The van der Waals surface area contributed by atoms with E-state index in [1.807, 2.05) is 0 Å². The molecule has 0 radical (unpaired) electrons. The summed E-state index contributed by atoms with van der Waals surface area (Å²) in [6.45, 7) is -2.29. The first-order chi connectivity index (χ1) is 48.7. The van der Waals surface area contributed by atoms with Crippen molar-refractivity contribution in [2.75, 3.05) is 119 Å². The number of fused-ring (bicyclic) bond motifs is 1. The van der Waals surface area contributed by atoms with E-state index >= 15 is 0 Å². The summed E-state index contributed by atoms with van der Waals surface area (Å²) in [4.78, 5) is 144. The monoisotopic (exact) mass is 1570 g/mol. The lowest BCUT2D eigenvalue weighted by molar-refractivity contribution is -0.0850. The first-order valence-electron chi connectivity index (χ1n) is 31.4. The number of ether oxygens (including phenoxy) is 12. The predicted molar refractivity (Wildman–Crippen MR) is 354 cm³/mol. The molecule has 103 heavy (non-hydrogen) atoms. The van der Waals surface area contributed by atoms with Crippen LogP contribution in [-0.4, -0.2) is 249 Å². The molecule has 0 bridgehead atoms. The van der Waals surface area contributed by atoms with Gasteiger partial charge in [0, 0.05) is 70.4 Å². The van der Waals surface area contributed by atoms with Crippen molar-refractivity contribution in [1.82, 2.24) is 48.2 Å². The summed E-state index contributed by atoms with van der Waals surface area (Å²) >= 11 is 5.59. The van der Waals surface area contributed by atoms with E-state index in [4.69, 9.17) is 112 Å². The highest BCUT2D eigenvalue weighted by molar-refractivity contribution is 8.07. The first kappa shape index (κ1) is 81.7. The second kappa shape index (κ2) is 35.1. The maximum atomic E-state index is 14.9. The molecule has 0 aromatic carbocycles. The van der Waals surface area contributed by atoms with Gasteiger partial charge in [-0.05, 0) is 39.0 Å². The van der Waals surface area contributed by atoms with Crippen LogP contribution in [0.4, 0.5) is 11.8 Å². The zero-order chi connectivity index (χ0) is 75.0. The van der Waals surface area contributed by atoms with Crippen molar-refractivity contribution in [3.8, 4) is 0 Å². The van der Waals surface area contributed by atoms with Gasteiger partial charge in [-0.25, -0.2) is 28.5 Å². The van der Waals surface area contributed by atoms with Gasteiger partial charge in [-0.1, -0.05) is 6.92 Å². The van der Waals surface area contributed by atoms with Crippen LogP contribution in [0.15, 0.2) is 53.7 Å². The zero-order valence-corrected chi connectivity index (χ0v) is 61.1. The Hall–Kier alpha value is -5.39. The van der Waals surface area contributed by atoms with Gasteiger partial charge < -0.3 is 92.4 Å². The molecule has 44 nitrogen and oxygen atoms in total. The Balaban J connectivity index is 1.03. The van der Waals surface area contributed by atoms with Gasteiger partial charge in [0.05, 0.1) is 85.1 Å². The number of H-pyrrole nitrogens is 3. The number of aryl methyl sites for hydroxylation is 3. The number of aromatic amines is 3. The summed E-state index contributed by atoms with van der Waals surface area (Å²) < 4.78 is 158. The Morgan fingerprint density at radius 1 is 0.505 bits per heavy atom. The number of imidazole rings is 1. The number of anilines is 2. The van der Waals surface area contributed by atoms with Crippen molar-refractivity contribution >= 4 is 64.7 Å². The number of nitrogens with two attached hydrogens (primary N) is 2. The maximum Gasteiger partial charge on any atom is 0.472 e. The standard InChI is InChI=1S/C54H82N12O32P4S/c1-10-29-34(38(84-15-11-80-5)47(91-29)64-20-27(3)44(67)61-53(64)71)98-102(79,103)90-24-32-37(41(87-18-14-83-8)48(93-32)63-19-26(2)42(55)58-52(63)70)97-101(77,78)89-23-31-36(40(86-17-13-82-7)49(92-31)65-21-28(4)45(68)62-54(65)72)96-100(75,76)88-22-30-35(95-99(9,73)74)39(85-16-12-81-6)50(94-30)66-25-57-33-43(66)59-51(56)60-46(33)69/h19-21,25,29-32,34-41,47-50H,10-18,22-24H2,1-9H3,(H,73,74)(H,75,76)(H,77,78)(H,79,103)(H2,55,58,70)(H,61,67,71)(H,62,68,72)(H3,56,59,60,69)/t29-,30-,31-,32-,34?,35?,36?,37?,38+,39+,40+,41+,47-,48-,49-,50-,102?/m1/s1. The summed E-state index contributed by atoms with van der Waals surface area (Å²) in [6.07, 6.45) is -20.7. The lowest BCUT2D eigenvalue weighted by Crippen LogP contribution is -2.42. The maximum absolute atomic E-state index is 14.9. The average molecular weight is 1570 g/mol. The number of hydrogen-bond acceptors (Lipinski definition) is 34. The van der Waals surface area contributed by atoms with E-state index in [9.17, 15) is 62.0 Å². The normalized spacial score (nSPS) is 28.9. The number of methoxy groups -OCH3 is 4. The summed E-state index contributed by atoms with van der Waals surface area (Å²) in [7, 11) is -10.6. The molecule has 5 aromatic heterocycles. The Morgan fingerprint density at radius 3 is 1.32 bits per heavy atom. The third-order valence-electron chi connectivity index (χ3n) is 16.2. The Bertz CT molecular complexity index is 4330. The van der Waals surface area contributed by atoms with Crippen LogP contribution in [0.1, 0.15) is 54.9 Å². The summed E-state index contributed by atoms with van der Waals surface area (Å²) in [5.74, 6) is -0.510. The molecule has 49 heteroatoms. The molecule has 0 saturated carbocycles. The average Bonchev–Trinajstić information content (AvgIpc) is 1.64. The first-order valence-corrected chi connectivity index (χ1v) is 39.0. The number of nitrogens with zero attached hydrogens (tertiary/aromatic N) is 7. The lowest BCUT2D eigenvalue weighted by Gasteiger charge is -2.29. The molecule has 8 unspecified atom stereocenters. The topological polar surface area (TPSA) is 568 Å². The van der Waals surface area contributed by atoms with Crippen molar-refractivity contribution in [3.63, 3.8) is 0 Å². The number of phosphoric ester groups is 2. The molecule has 20 atom stereocenters. The van der Waals surface area contributed by atoms with Gasteiger partial charge in [0.15, 0.2) is 36.1 Å². The van der Waals surface area contributed by atoms with Crippen LogP contribution in [0, 0.1) is 20.8 Å². The fourth-order valence-electron chi connectivity index (χ4n) is 11.5. The number of nitrogens with one attached hydrogen (secondary N) is 3. The quantitative estimate of drug-likeness (QED) is 0.0161. The molecule has 9 heterocycles. The second-order valence-electron chi connectivity index (χ2n) is 23.6. The van der Waals surface area contributed by atoms with Gasteiger partial charge in [-0.15, -0.1) is 0 Å². The van der Waals surface area contributed by atoms with Crippen molar-refractivity contribution in [1.29, 1.82) is 0 Å². The second-order valence-corrected chi connectivity index (χ2v) is 31.0. The number of hydrogen-bond donors (Lipinski definition) is 9. The van der Waals surface area contributed by atoms with Gasteiger partial charge in [0.1, 0.15) is 73.0 Å². The van der Waals surface area contributed by atoms with Gasteiger partial charge in [0.2, 0.25) is 5.95 Å². The van der Waals surface area contributed by atoms with Gasteiger partial charge in [0.25, 0.3) is 16.7 Å². The highest BCUT2D eigenvalue weighted by Gasteiger charge is 2.57. The minimum atomic E-state index is -5.76. The minimum Gasteiger partial charge on any atom is -0.383 e. The smallest absolute Gasteiger partial charge is 0.383 e. The molecule has 0 amide bonds. The Morgan fingerprint density at radius 2 is 0.893 bits per heavy atom. The van der Waals surface area contributed by atoms with Crippen LogP contribution in [-0.2, 0) is 114 Å². The summed E-state index contributed by atoms with van der Waals surface area (Å²) in [5.41, 5.74) is 6.61. The van der Waals surface area contributed by atoms with Crippen LogP contribution in [0.2, 0.25) is 0 Å². The van der Waals surface area contributed by atoms with Gasteiger partial charge in [-0.3, -0.25) is 79.3 Å². The molecule has 576 valence electrons. The summed E-state index contributed by atoms with van der Waals surface area (Å²) in [5, 5.41) is 0. The highest BCUT2D eigenvalue weighted by Crippen LogP contribution is 2.55. The van der Waals surface area contributed by atoms with Gasteiger partial charge in [-0.2, -0.15) is 9.97 Å². The number of aromatic nitrogens is 10. The van der Waals surface area contributed by atoms with Crippen molar-refractivity contribution in [3.05, 3.63) is 104 Å². The third kappa shape index (κ3) is 20.1. The molecule has 4 saturated heterocycles. The Kier molecular flexibility index (Phi) is 27.8. The van der Waals surface area contributed by atoms with Crippen molar-refractivity contribution < 1.29 is 122 Å². The highest BCUT2D eigenvalue weighted by atomic mass is 32.5. The summed E-state index contributed by atoms with van der Waals surface area (Å²) in [6, 6.07) is 0. The number of nitrogen functional groups attached to an aromatic ring is 2. The van der Waals surface area contributed by atoms with E-state index in [1.165, 1.54) is 66.2 Å². The lowest BCUT2D eigenvalue weighted by atomic mass is 10.1. The molecule has 5 aromatic rings. The minimum absolute atomic E-state index is 0.0390. The third-order valence-corrected chi connectivity index (χ3v) is 20.4. The molecule has 4 fully saturated rings. The molecule has 4 aliphatic heterocycles. The molecule has 0 spiro atoms. The van der Waals surface area contributed by atoms with E-state index in [0.717, 1.165) is 32.9 Å². The number of rotatable bonds is 38. The molecular formula is C54H82N12O32P4S. The molecule has 9 rings (SSSR count). The molecular weight excluding hydrogens is 1480 g/mol. The SMILES string of the molecule is CC[C@H]1O[C@@H](n2cc(C)c(=O)[nH]c2=O)[C@@H](OCCOC)C1OP(O)(=S)OC[C@H]1O[C@@H](n2cc(C)c(N)nc2=O)[C@@H](OCCOC)C1OP(=O)(O)OC[C@H]1O[C@@H](n2cc(C)c(=O)[nH]c2=O)[C@@H](OCCOC)C1OP(=O)(O)OC[C@H]1O[C@@H](n2cnc3c(=O)[nH]c(N)nc32)[C@@H](OCCOC)C1OP(C)(=O)O. The fraction of sp³-hybridized carbons (Fsp3) is 0.685. The van der Waals surface area contributed by atoms with Crippen LogP contribution in [0.25, 0.3) is 11.2 Å². The molecule has 0 aliphatic carbocycles. The van der Waals surface area contributed by atoms with Crippen LogP contribution in [0.3, 0.4) is 0 Å². The Labute approximate surface area is 588 Å². The van der Waals surface area contributed by atoms with Crippen LogP contribution >= 0.6 is 30.0 Å². The largest absolute Gasteiger partial charge is 0.472 e. The van der Waals surface area contributed by atoms with Crippen LogP contribution < -0.4 is 45.2 Å². The van der Waals surface area contributed by atoms with E-state index in [-0.39, 0.29) is 98.9 Å². The molecule has 11 N–H and O–H groups in total. The number of phosphoric acid groups is 2. The zero-order valence-electron chi connectivity index (χ0n) is 56.7. The molecule has 4 aliphatic rings. The van der Waals surface area contributed by atoms with E-state index in [1.54, 1.807) is 6.92 Å². The predicted octanol–water partition coefficient (Wildman–Crippen LogP) is -1.48. The van der Waals surface area contributed by atoms with Crippen LogP contribution in [0.5, 0.6) is 0 Å². The van der Waals surface area contributed by atoms with Crippen molar-refractivity contribution in [2.24, 2.45) is 0 Å². The van der Waals surface area contributed by atoms with Gasteiger partial charge >= 0.3 is 47.0 Å². The van der Waals surface area contributed by atoms with E-state index < -0.39 is 182 Å². The van der Waals surface area contributed by atoms with E-state index in [0.29, 0.717) is 0 Å². The van der Waals surface area contributed by atoms with Crippen molar-refractivity contribution in [2.45, 2.75) is 132 Å². The fourth-order valence-corrected chi connectivity index (χ4v) is 15.5. The van der Waals surface area contributed by atoms with E-state index in [2.05, 4.69) is 29.9 Å².